The Morgan fingerprint density at radius 1 is 1.17 bits per heavy atom. The number of guanidine groups is 1. The summed E-state index contributed by atoms with van der Waals surface area (Å²) in [4.78, 5) is 14.0. The zero-order chi connectivity index (χ0) is 20.1. The molecule has 6 nitrogen and oxygen atoms in total. The van der Waals surface area contributed by atoms with Crippen molar-refractivity contribution in [1.82, 2.24) is 15.2 Å². The second kappa shape index (κ2) is 10.5. The lowest BCUT2D eigenvalue weighted by Gasteiger charge is -2.37. The van der Waals surface area contributed by atoms with Gasteiger partial charge in [-0.1, -0.05) is 20.8 Å². The maximum Gasteiger partial charge on any atom is 0.194 e. The van der Waals surface area contributed by atoms with E-state index in [9.17, 15) is 0 Å². The summed E-state index contributed by atoms with van der Waals surface area (Å²) in [5.41, 5.74) is 2.41. The first-order valence-electron chi connectivity index (χ1n) is 9.70. The van der Waals surface area contributed by atoms with Crippen molar-refractivity contribution in [3.05, 3.63) is 40.3 Å². The van der Waals surface area contributed by atoms with Gasteiger partial charge in [0.25, 0.3) is 0 Å². The lowest BCUT2D eigenvalue weighted by molar-refractivity contribution is 0.372. The zero-order valence-corrected chi connectivity index (χ0v) is 21.1. The van der Waals surface area contributed by atoms with Crippen molar-refractivity contribution in [3.63, 3.8) is 0 Å². The van der Waals surface area contributed by atoms with Crippen LogP contribution in [0.1, 0.15) is 31.5 Å². The van der Waals surface area contributed by atoms with Gasteiger partial charge in [-0.15, -0.1) is 35.3 Å². The van der Waals surface area contributed by atoms with E-state index in [2.05, 4.69) is 58.4 Å². The number of ether oxygens (including phenoxy) is 1. The average Bonchev–Trinajstić information content (AvgIpc) is 3.19. The number of methoxy groups -OCH3 is 1. The van der Waals surface area contributed by atoms with Crippen molar-refractivity contribution in [2.45, 2.75) is 32.7 Å². The number of anilines is 1. The molecule has 0 atom stereocenters. The molecule has 0 saturated carbocycles. The van der Waals surface area contributed by atoms with Gasteiger partial charge < -0.3 is 19.9 Å². The summed E-state index contributed by atoms with van der Waals surface area (Å²) in [6, 6.07) is 8.27. The molecule has 3 rings (SSSR count). The third-order valence-electron chi connectivity index (χ3n) is 4.85. The van der Waals surface area contributed by atoms with Crippen LogP contribution in [0.25, 0.3) is 0 Å². The number of aliphatic imine (C=N–C) groups is 1. The molecule has 29 heavy (non-hydrogen) atoms. The van der Waals surface area contributed by atoms with Crippen LogP contribution in [0.5, 0.6) is 5.75 Å². The number of hydrogen-bond acceptors (Lipinski definition) is 5. The van der Waals surface area contributed by atoms with Gasteiger partial charge in [-0.3, -0.25) is 4.99 Å². The molecule has 2 aromatic rings. The molecule has 2 heterocycles. The lowest BCUT2D eigenvalue weighted by Crippen LogP contribution is -2.52. The van der Waals surface area contributed by atoms with Crippen LogP contribution in [0.2, 0.25) is 0 Å². The van der Waals surface area contributed by atoms with Gasteiger partial charge >= 0.3 is 0 Å². The highest BCUT2D eigenvalue weighted by molar-refractivity contribution is 14.0. The van der Waals surface area contributed by atoms with Crippen LogP contribution in [-0.2, 0) is 12.0 Å². The van der Waals surface area contributed by atoms with Gasteiger partial charge in [0.1, 0.15) is 5.75 Å². The van der Waals surface area contributed by atoms with Crippen LogP contribution in [0, 0.1) is 0 Å². The van der Waals surface area contributed by atoms with E-state index in [0.717, 1.165) is 43.6 Å². The van der Waals surface area contributed by atoms with Gasteiger partial charge in [0, 0.05) is 49.7 Å². The number of rotatable bonds is 4. The second-order valence-corrected chi connectivity index (χ2v) is 8.82. The van der Waals surface area contributed by atoms with Crippen LogP contribution in [0.15, 0.2) is 34.6 Å². The molecule has 8 heteroatoms. The lowest BCUT2D eigenvalue weighted by atomic mass is 9.98. The van der Waals surface area contributed by atoms with Crippen LogP contribution in [0.3, 0.4) is 0 Å². The molecule has 0 radical (unpaired) electrons. The normalized spacial score (nSPS) is 15.1. The smallest absolute Gasteiger partial charge is 0.194 e. The highest BCUT2D eigenvalue weighted by atomic mass is 127. The van der Waals surface area contributed by atoms with Crippen molar-refractivity contribution in [2.24, 2.45) is 4.99 Å². The van der Waals surface area contributed by atoms with Crippen molar-refractivity contribution in [1.29, 1.82) is 0 Å². The molecule has 1 fully saturated rings. The third kappa shape index (κ3) is 6.21. The fraction of sp³-hybridized carbons (Fsp3) is 0.524. The Labute approximate surface area is 195 Å². The molecule has 0 spiro atoms. The predicted molar refractivity (Wildman–Crippen MR) is 133 cm³/mol. The maximum atomic E-state index is 5.25. The Kier molecular flexibility index (Phi) is 8.57. The summed E-state index contributed by atoms with van der Waals surface area (Å²) >= 11 is 1.73. The quantitative estimate of drug-likeness (QED) is 0.369. The fourth-order valence-corrected chi connectivity index (χ4v) is 4.11. The van der Waals surface area contributed by atoms with Crippen LogP contribution >= 0.6 is 35.3 Å². The van der Waals surface area contributed by atoms with Gasteiger partial charge in [-0.2, -0.15) is 0 Å². The van der Waals surface area contributed by atoms with Crippen LogP contribution < -0.4 is 15.0 Å². The van der Waals surface area contributed by atoms with Gasteiger partial charge in [0.2, 0.25) is 0 Å². The fourth-order valence-electron chi connectivity index (χ4n) is 3.20. The van der Waals surface area contributed by atoms with E-state index < -0.39 is 0 Å². The number of benzene rings is 1. The number of aromatic nitrogens is 1. The van der Waals surface area contributed by atoms with E-state index in [-0.39, 0.29) is 29.4 Å². The van der Waals surface area contributed by atoms with E-state index in [0.29, 0.717) is 6.54 Å². The van der Waals surface area contributed by atoms with Gasteiger partial charge in [-0.05, 0) is 24.3 Å². The maximum absolute atomic E-state index is 5.25. The number of piperazine rings is 1. The highest BCUT2D eigenvalue weighted by Crippen LogP contribution is 2.25. The van der Waals surface area contributed by atoms with E-state index in [1.807, 2.05) is 19.2 Å². The summed E-state index contributed by atoms with van der Waals surface area (Å²) in [6.07, 6.45) is 0. The minimum atomic E-state index is 0. The molecule has 1 aliphatic heterocycles. The molecule has 0 bridgehead atoms. The Hall–Kier alpha value is -1.55. The number of nitrogens with zero attached hydrogens (tertiary/aromatic N) is 4. The molecule has 1 saturated heterocycles. The SMILES string of the molecule is CN=C(NCc1csc(C(C)(C)C)n1)N1CCN(c2ccc(OC)cc2)CC1.I. The summed E-state index contributed by atoms with van der Waals surface area (Å²) in [5.74, 6) is 1.84. The van der Waals surface area contributed by atoms with E-state index in [1.54, 1.807) is 18.4 Å². The molecule has 1 N–H and O–H groups in total. The Morgan fingerprint density at radius 2 is 1.83 bits per heavy atom. The van der Waals surface area contributed by atoms with E-state index >= 15 is 0 Å². The largest absolute Gasteiger partial charge is 0.497 e. The van der Waals surface area contributed by atoms with Crippen molar-refractivity contribution in [3.8, 4) is 5.75 Å². The number of thiazole rings is 1. The molecule has 0 unspecified atom stereocenters. The van der Waals surface area contributed by atoms with E-state index in [4.69, 9.17) is 9.72 Å². The summed E-state index contributed by atoms with van der Waals surface area (Å²) in [6.45, 7) is 11.1. The number of nitrogens with one attached hydrogen (secondary N) is 1. The Bertz CT molecular complexity index is 792. The molecular formula is C21H32IN5OS. The third-order valence-corrected chi connectivity index (χ3v) is 6.17. The second-order valence-electron chi connectivity index (χ2n) is 7.97. The van der Waals surface area contributed by atoms with Crippen LogP contribution in [0.4, 0.5) is 5.69 Å². The molecule has 1 aromatic heterocycles. The first kappa shape index (κ1) is 23.7. The Morgan fingerprint density at radius 3 is 2.34 bits per heavy atom. The summed E-state index contributed by atoms with van der Waals surface area (Å²) < 4.78 is 5.25. The molecule has 0 aliphatic carbocycles. The molecule has 1 aromatic carbocycles. The number of halogens is 1. The first-order chi connectivity index (χ1) is 13.4. The van der Waals surface area contributed by atoms with Gasteiger partial charge in [0.05, 0.1) is 24.4 Å². The minimum absolute atomic E-state index is 0. The number of hydrogen-bond donors (Lipinski definition) is 1. The van der Waals surface area contributed by atoms with Crippen molar-refractivity contribution >= 4 is 47.0 Å². The minimum Gasteiger partial charge on any atom is -0.497 e. The molecule has 160 valence electrons. The molecule has 0 amide bonds. The molecular weight excluding hydrogens is 497 g/mol. The Balaban J connectivity index is 0.00000300. The topological polar surface area (TPSA) is 53.0 Å². The molecule has 1 aliphatic rings. The van der Waals surface area contributed by atoms with Gasteiger partial charge in [0.15, 0.2) is 5.96 Å². The first-order valence-corrected chi connectivity index (χ1v) is 10.6. The standard InChI is InChI=1S/C21H31N5OS.HI/c1-21(2,3)19-24-16(15-28-19)14-23-20(22-4)26-12-10-25(11-13-26)17-6-8-18(27-5)9-7-17;/h6-9,15H,10-14H2,1-5H3,(H,22,23);1H. The predicted octanol–water partition coefficient (Wildman–Crippen LogP) is 3.96. The van der Waals surface area contributed by atoms with Crippen molar-refractivity contribution in [2.75, 3.05) is 45.2 Å². The zero-order valence-electron chi connectivity index (χ0n) is 17.9. The summed E-state index contributed by atoms with van der Waals surface area (Å²) in [5, 5.41) is 6.79. The monoisotopic (exact) mass is 529 g/mol. The van der Waals surface area contributed by atoms with Crippen LogP contribution in [-0.4, -0.2) is 56.2 Å². The van der Waals surface area contributed by atoms with Gasteiger partial charge in [-0.25, -0.2) is 4.98 Å². The van der Waals surface area contributed by atoms with E-state index in [1.165, 1.54) is 10.7 Å². The average molecular weight is 529 g/mol. The summed E-state index contributed by atoms with van der Waals surface area (Å²) in [7, 11) is 3.54. The highest BCUT2D eigenvalue weighted by Gasteiger charge is 2.21. The van der Waals surface area contributed by atoms with Crippen molar-refractivity contribution < 1.29 is 4.74 Å².